The Morgan fingerprint density at radius 2 is 1.59 bits per heavy atom. The molecule has 1 aliphatic rings. The number of benzene rings is 2. The maximum absolute atomic E-state index is 13.5. The minimum absolute atomic E-state index is 0.109. The topological polar surface area (TPSA) is 62.3 Å². The first-order chi connectivity index (χ1) is 17.6. The number of hydrogen-bond acceptors (Lipinski definition) is 5. The van der Waals surface area contributed by atoms with Gasteiger partial charge in [0.05, 0.1) is 22.7 Å². The van der Waals surface area contributed by atoms with E-state index in [1.54, 1.807) is 29.6 Å². The van der Waals surface area contributed by atoms with Gasteiger partial charge in [0.25, 0.3) is 0 Å². The monoisotopic (exact) mass is 553 g/mol. The molecular formula is C27H34F3N3O2S2. The number of piperidine rings is 1. The van der Waals surface area contributed by atoms with Crippen LogP contribution >= 0.6 is 11.3 Å². The summed E-state index contributed by atoms with van der Waals surface area (Å²) in [5, 5.41) is 5.58. The highest BCUT2D eigenvalue weighted by Gasteiger charge is 2.33. The molecule has 0 radical (unpaired) electrons. The van der Waals surface area contributed by atoms with E-state index in [1.807, 2.05) is 6.92 Å². The molecule has 1 aromatic heterocycles. The average molecular weight is 554 g/mol. The quantitative estimate of drug-likeness (QED) is 0.346. The highest BCUT2D eigenvalue weighted by molar-refractivity contribution is 7.89. The molecule has 0 amide bonds. The Bertz CT molecular complexity index is 1220. The van der Waals surface area contributed by atoms with Crippen molar-refractivity contribution >= 4 is 21.4 Å². The van der Waals surface area contributed by atoms with Gasteiger partial charge < -0.3 is 5.32 Å². The van der Waals surface area contributed by atoms with Crippen LogP contribution in [0.4, 0.5) is 13.2 Å². The van der Waals surface area contributed by atoms with E-state index >= 15 is 0 Å². The zero-order valence-electron chi connectivity index (χ0n) is 21.4. The molecule has 1 saturated heterocycles. The smallest absolute Gasteiger partial charge is 0.317 e. The third-order valence-electron chi connectivity index (χ3n) is 6.17. The Labute approximate surface area is 221 Å². The molecule has 1 aliphatic heterocycles. The fourth-order valence-electron chi connectivity index (χ4n) is 3.82. The van der Waals surface area contributed by atoms with E-state index in [4.69, 9.17) is 0 Å². The fraction of sp³-hybridized carbons (Fsp3) is 0.444. The van der Waals surface area contributed by atoms with Gasteiger partial charge in [-0.1, -0.05) is 56.5 Å². The van der Waals surface area contributed by atoms with Crippen molar-refractivity contribution < 1.29 is 21.6 Å². The molecule has 4 rings (SSSR count). The zero-order valence-corrected chi connectivity index (χ0v) is 23.0. The molecule has 37 heavy (non-hydrogen) atoms. The second kappa shape index (κ2) is 13.0. The average Bonchev–Trinajstić information content (AvgIpc) is 3.36. The highest BCUT2D eigenvalue weighted by atomic mass is 32.2. The molecule has 2 heterocycles. The van der Waals surface area contributed by atoms with Gasteiger partial charge in [-0.2, -0.15) is 17.5 Å². The zero-order chi connectivity index (χ0) is 27.1. The Morgan fingerprint density at radius 1 is 1.00 bits per heavy atom. The first kappa shape index (κ1) is 29.3. The summed E-state index contributed by atoms with van der Waals surface area (Å²) >= 11 is 1.29. The molecule has 3 aromatic rings. The van der Waals surface area contributed by atoms with Crippen LogP contribution in [-0.4, -0.2) is 36.8 Å². The number of hydrogen-bond donors (Lipinski definition) is 1. The van der Waals surface area contributed by atoms with Gasteiger partial charge in [0.2, 0.25) is 10.0 Å². The summed E-state index contributed by atoms with van der Waals surface area (Å²) in [6, 6.07) is 11.5. The molecule has 0 atom stereocenters. The number of nitrogens with zero attached hydrogens (tertiary/aromatic N) is 2. The van der Waals surface area contributed by atoms with Crippen LogP contribution in [0, 0.1) is 6.92 Å². The van der Waals surface area contributed by atoms with Crippen molar-refractivity contribution in [3.63, 3.8) is 0 Å². The van der Waals surface area contributed by atoms with Crippen molar-refractivity contribution in [2.24, 2.45) is 0 Å². The molecule has 0 aliphatic carbocycles. The van der Waals surface area contributed by atoms with Gasteiger partial charge in [-0.25, -0.2) is 13.4 Å². The molecule has 10 heteroatoms. The summed E-state index contributed by atoms with van der Waals surface area (Å²) in [4.78, 5) is 4.78. The third-order valence-corrected chi connectivity index (χ3v) is 9.03. The lowest BCUT2D eigenvalue weighted by molar-refractivity contribution is -0.137. The maximum Gasteiger partial charge on any atom is 0.416 e. The summed E-state index contributed by atoms with van der Waals surface area (Å²) in [6.07, 6.45) is -0.367. The van der Waals surface area contributed by atoms with E-state index in [0.29, 0.717) is 29.1 Å². The first-order valence-electron chi connectivity index (χ1n) is 12.5. The molecule has 2 aromatic carbocycles. The number of thiazole rings is 1. The highest BCUT2D eigenvalue weighted by Crippen LogP contribution is 2.32. The fourth-order valence-corrected chi connectivity index (χ4v) is 6.30. The van der Waals surface area contributed by atoms with Crippen molar-refractivity contribution in [1.29, 1.82) is 0 Å². The SMILES string of the molecule is CCCC.Cc1ccc(S(=O)(=O)N(Cc2csc(-c3ccc(C(F)(F)F)cc3)n2)C2CCNCC2)cc1. The van der Waals surface area contributed by atoms with Crippen LogP contribution in [0.1, 0.15) is 56.4 Å². The summed E-state index contributed by atoms with van der Waals surface area (Å²) in [7, 11) is -3.75. The number of nitrogens with one attached hydrogen (secondary N) is 1. The largest absolute Gasteiger partial charge is 0.416 e. The minimum Gasteiger partial charge on any atom is -0.317 e. The normalized spacial score (nSPS) is 14.9. The van der Waals surface area contributed by atoms with Crippen molar-refractivity contribution in [3.05, 3.63) is 70.7 Å². The van der Waals surface area contributed by atoms with E-state index in [0.717, 1.165) is 30.8 Å². The molecule has 0 unspecified atom stereocenters. The molecule has 202 valence electrons. The second-order valence-electron chi connectivity index (χ2n) is 9.06. The molecule has 5 nitrogen and oxygen atoms in total. The van der Waals surface area contributed by atoms with Gasteiger partial charge >= 0.3 is 6.18 Å². The number of rotatable bonds is 7. The Morgan fingerprint density at radius 3 is 2.14 bits per heavy atom. The molecule has 1 N–H and O–H groups in total. The molecule has 0 saturated carbocycles. The van der Waals surface area contributed by atoms with Crippen molar-refractivity contribution in [2.45, 2.75) is 70.1 Å². The standard InChI is InChI=1S/C23H24F3N3O2S2.C4H10/c1-16-2-8-21(9-3-16)33(30,31)29(20-10-12-27-13-11-20)14-19-15-32-22(28-19)17-4-6-18(7-5-17)23(24,25)26;1-3-4-2/h2-9,15,20,27H,10-14H2,1H3;3-4H2,1-2H3. The number of halogens is 3. The molecular weight excluding hydrogens is 519 g/mol. The van der Waals surface area contributed by atoms with Gasteiger partial charge in [0.15, 0.2) is 0 Å². The van der Waals surface area contributed by atoms with Crippen LogP contribution in [-0.2, 0) is 22.7 Å². The van der Waals surface area contributed by atoms with E-state index in [9.17, 15) is 21.6 Å². The lowest BCUT2D eigenvalue weighted by Gasteiger charge is -2.33. The Kier molecular flexibility index (Phi) is 10.3. The number of aromatic nitrogens is 1. The molecule has 0 bridgehead atoms. The van der Waals surface area contributed by atoms with Crippen LogP contribution in [0.25, 0.3) is 10.6 Å². The van der Waals surface area contributed by atoms with E-state index in [2.05, 4.69) is 24.1 Å². The number of alkyl halides is 3. The third kappa shape index (κ3) is 7.86. The van der Waals surface area contributed by atoms with Crippen molar-refractivity contribution in [1.82, 2.24) is 14.6 Å². The van der Waals surface area contributed by atoms with E-state index in [1.165, 1.54) is 40.6 Å². The molecule has 1 fully saturated rings. The Hall–Kier alpha value is -2.27. The summed E-state index contributed by atoms with van der Waals surface area (Å²) in [5.74, 6) is 0. The summed E-state index contributed by atoms with van der Waals surface area (Å²) in [5.41, 5.74) is 1.39. The molecule has 0 spiro atoms. The number of unbranched alkanes of at least 4 members (excludes halogenated alkanes) is 1. The van der Waals surface area contributed by atoms with Crippen LogP contribution in [0.3, 0.4) is 0 Å². The predicted octanol–water partition coefficient (Wildman–Crippen LogP) is 6.89. The van der Waals surface area contributed by atoms with Gasteiger partial charge in [-0.3, -0.25) is 0 Å². The number of aryl methyl sites for hydroxylation is 1. The van der Waals surface area contributed by atoms with E-state index in [-0.39, 0.29) is 17.5 Å². The predicted molar refractivity (Wildman–Crippen MR) is 143 cm³/mol. The lowest BCUT2D eigenvalue weighted by atomic mass is 10.1. The summed E-state index contributed by atoms with van der Waals surface area (Å²) in [6.45, 7) is 7.84. The van der Waals surface area contributed by atoms with Crippen molar-refractivity contribution in [3.8, 4) is 10.6 Å². The summed E-state index contributed by atoms with van der Waals surface area (Å²) < 4.78 is 67.1. The van der Waals surface area contributed by atoms with Crippen LogP contribution in [0.5, 0.6) is 0 Å². The van der Waals surface area contributed by atoms with Gasteiger partial charge in [0.1, 0.15) is 5.01 Å². The second-order valence-corrected chi connectivity index (χ2v) is 11.8. The minimum atomic E-state index is -4.40. The van der Waals surface area contributed by atoms with Crippen LogP contribution in [0.15, 0.2) is 58.8 Å². The van der Waals surface area contributed by atoms with Gasteiger partial charge in [-0.05, 0) is 57.1 Å². The lowest BCUT2D eigenvalue weighted by Crippen LogP contribution is -2.45. The van der Waals surface area contributed by atoms with Gasteiger partial charge in [0, 0.05) is 17.0 Å². The van der Waals surface area contributed by atoms with E-state index < -0.39 is 21.8 Å². The number of sulfonamides is 1. The Balaban J connectivity index is 0.000000886. The van der Waals surface area contributed by atoms with Crippen molar-refractivity contribution in [2.75, 3.05) is 13.1 Å². The first-order valence-corrected chi connectivity index (χ1v) is 14.8. The maximum atomic E-state index is 13.5. The van der Waals surface area contributed by atoms with Crippen LogP contribution < -0.4 is 5.32 Å². The van der Waals surface area contributed by atoms with Gasteiger partial charge in [-0.15, -0.1) is 11.3 Å². The van der Waals surface area contributed by atoms with Crippen LogP contribution in [0.2, 0.25) is 0 Å².